The average molecular weight is 450 g/mol. The zero-order valence-electron chi connectivity index (χ0n) is 15.5. The zero-order valence-corrected chi connectivity index (χ0v) is 16.4. The van der Waals surface area contributed by atoms with Crippen molar-refractivity contribution in [1.82, 2.24) is 4.57 Å². The Labute approximate surface area is 162 Å². The van der Waals surface area contributed by atoms with Gasteiger partial charge in [0.1, 0.15) is 12.4 Å². The van der Waals surface area contributed by atoms with E-state index in [9.17, 15) is 34.8 Å². The van der Waals surface area contributed by atoms with E-state index in [1.807, 2.05) is 7.05 Å². The Balaban J connectivity index is 0.000000421. The number of aryl methyl sites for hydroxylation is 2. The number of benzene rings is 1. The molecular weight excluding hydrogens is 429 g/mol. The summed E-state index contributed by atoms with van der Waals surface area (Å²) in [7, 11) is -8.61. The number of aromatic nitrogens is 2. The number of carboxylic acid groups (broad SMARTS) is 2. The molecule has 0 radical (unpaired) electrons. The smallest absolute Gasteiger partial charge is 0.336 e. The van der Waals surface area contributed by atoms with Gasteiger partial charge in [0.05, 0.1) is 24.7 Å². The predicted octanol–water partition coefficient (Wildman–Crippen LogP) is 5.58. The molecule has 13 heteroatoms. The number of imidazole rings is 1. The molecule has 1 heterocycles. The van der Waals surface area contributed by atoms with Crippen LogP contribution in [-0.2, 0) is 13.6 Å². The number of unbranched alkanes of at least 4 members (excludes halogenated alkanes) is 1. The van der Waals surface area contributed by atoms with E-state index in [4.69, 9.17) is 10.2 Å². The van der Waals surface area contributed by atoms with Gasteiger partial charge in [-0.2, -0.15) is 0 Å². The van der Waals surface area contributed by atoms with Gasteiger partial charge in [0.2, 0.25) is 6.33 Å². The third kappa shape index (κ3) is 16.1. The fourth-order valence-corrected chi connectivity index (χ4v) is 1.83. The molecule has 0 amide bonds. The van der Waals surface area contributed by atoms with Gasteiger partial charge in [-0.25, -0.2) is 18.7 Å². The minimum atomic E-state index is -10.7. The van der Waals surface area contributed by atoms with Gasteiger partial charge in [0.15, 0.2) is 0 Å². The Kier molecular flexibility index (Phi) is 8.42. The van der Waals surface area contributed by atoms with Crippen LogP contribution >= 0.6 is 7.81 Å². The Morgan fingerprint density at radius 3 is 1.69 bits per heavy atom. The molecule has 0 spiro atoms. The number of carbonyl (C=O) groups is 2. The molecule has 0 fully saturated rings. The van der Waals surface area contributed by atoms with Gasteiger partial charge in [0, 0.05) is 0 Å². The molecule has 0 aliphatic heterocycles. The molecule has 0 aliphatic carbocycles. The number of hydrogen-bond donors (Lipinski definition) is 2. The third-order valence-electron chi connectivity index (χ3n) is 2.98. The van der Waals surface area contributed by atoms with E-state index in [0.29, 0.717) is 0 Å². The summed E-state index contributed by atoms with van der Waals surface area (Å²) in [6.07, 6.45) is 8.82. The molecule has 0 bridgehead atoms. The van der Waals surface area contributed by atoms with Crippen molar-refractivity contribution < 1.29 is 49.6 Å². The Morgan fingerprint density at radius 1 is 1.00 bits per heavy atom. The molecule has 2 N–H and O–H groups in total. The van der Waals surface area contributed by atoms with Gasteiger partial charge in [-0.05, 0) is 18.6 Å². The van der Waals surface area contributed by atoms with E-state index in [2.05, 4.69) is 34.8 Å². The van der Waals surface area contributed by atoms with Crippen LogP contribution in [0, 0.1) is 0 Å². The van der Waals surface area contributed by atoms with Crippen molar-refractivity contribution in [2.45, 2.75) is 26.3 Å². The SMILES string of the molecule is CCCC[n+]1ccn(C)c1.F[P-](F)(F)(F)(F)F.O=C(O)c1ccccc1C(=O)O. The van der Waals surface area contributed by atoms with Crippen molar-refractivity contribution in [3.05, 3.63) is 54.1 Å². The molecule has 166 valence electrons. The maximum absolute atomic E-state index is 10.7. The fourth-order valence-electron chi connectivity index (χ4n) is 1.83. The predicted molar refractivity (Wildman–Crippen MR) is 94.4 cm³/mol. The summed E-state index contributed by atoms with van der Waals surface area (Å²) in [5.41, 5.74) is -0.380. The number of nitrogens with zero attached hydrogens (tertiary/aromatic N) is 2. The van der Waals surface area contributed by atoms with Crippen LogP contribution in [0.25, 0.3) is 0 Å². The van der Waals surface area contributed by atoms with Crippen LogP contribution in [0.2, 0.25) is 0 Å². The first-order chi connectivity index (χ1) is 12.9. The first-order valence-electron chi connectivity index (χ1n) is 8.03. The third-order valence-corrected chi connectivity index (χ3v) is 2.98. The van der Waals surface area contributed by atoms with Crippen molar-refractivity contribution in [1.29, 1.82) is 0 Å². The second-order valence-electron chi connectivity index (χ2n) is 5.78. The standard InChI is InChI=1S/C8H15N2.C8H6O4.F6P/c1-3-4-5-10-7-6-9(2)8-10;9-7(10)5-3-1-2-4-6(5)8(11)12;1-7(2,3,4,5)6/h6-8H,3-5H2,1-2H3;1-4H,(H,9,10)(H,11,12);/q+1;;-1. The first kappa shape index (κ1) is 26.4. The van der Waals surface area contributed by atoms with Crippen LogP contribution in [0.15, 0.2) is 43.0 Å². The van der Waals surface area contributed by atoms with Crippen LogP contribution in [0.3, 0.4) is 0 Å². The van der Waals surface area contributed by atoms with Crippen LogP contribution in [0.4, 0.5) is 25.2 Å². The molecule has 6 nitrogen and oxygen atoms in total. The number of rotatable bonds is 5. The maximum Gasteiger partial charge on any atom is 0.336 e. The molecule has 0 aliphatic rings. The quantitative estimate of drug-likeness (QED) is 0.354. The summed E-state index contributed by atoms with van der Waals surface area (Å²) in [4.78, 5) is 20.9. The molecule has 1 aromatic heterocycles. The summed E-state index contributed by atoms with van der Waals surface area (Å²) >= 11 is 0. The van der Waals surface area contributed by atoms with Gasteiger partial charge in [-0.15, -0.1) is 0 Å². The second kappa shape index (κ2) is 9.25. The Hall–Kier alpha value is -2.62. The van der Waals surface area contributed by atoms with E-state index >= 15 is 0 Å². The van der Waals surface area contributed by atoms with Gasteiger partial charge in [0.25, 0.3) is 0 Å². The zero-order chi connectivity index (χ0) is 22.9. The van der Waals surface area contributed by atoms with Crippen molar-refractivity contribution in [2.75, 3.05) is 0 Å². The molecule has 2 aromatic rings. The van der Waals surface area contributed by atoms with Crippen LogP contribution in [0.1, 0.15) is 40.5 Å². The molecule has 1 aromatic carbocycles. The van der Waals surface area contributed by atoms with E-state index in [1.165, 1.54) is 37.1 Å². The number of hydrogen-bond acceptors (Lipinski definition) is 2. The van der Waals surface area contributed by atoms with Crippen molar-refractivity contribution in [3.8, 4) is 0 Å². The minimum Gasteiger partial charge on any atom is -0.478 e. The molecular formula is C16H21F6N2O4P. The molecule has 29 heavy (non-hydrogen) atoms. The Morgan fingerprint density at radius 2 is 1.41 bits per heavy atom. The van der Waals surface area contributed by atoms with Gasteiger partial charge in [-0.3, -0.25) is 0 Å². The summed E-state index contributed by atoms with van der Waals surface area (Å²) in [6.45, 7) is 3.36. The molecule has 0 unspecified atom stereocenters. The van der Waals surface area contributed by atoms with Crippen molar-refractivity contribution in [2.24, 2.45) is 7.05 Å². The van der Waals surface area contributed by atoms with E-state index in [1.54, 1.807) is 0 Å². The second-order valence-corrected chi connectivity index (χ2v) is 7.70. The topological polar surface area (TPSA) is 83.4 Å². The van der Waals surface area contributed by atoms with E-state index in [-0.39, 0.29) is 11.1 Å². The van der Waals surface area contributed by atoms with Crippen molar-refractivity contribution in [3.63, 3.8) is 0 Å². The van der Waals surface area contributed by atoms with Crippen LogP contribution in [0.5, 0.6) is 0 Å². The summed E-state index contributed by atoms with van der Waals surface area (Å²) in [5, 5.41) is 17.1. The number of aromatic carboxylic acids is 2. The van der Waals surface area contributed by atoms with Crippen molar-refractivity contribution >= 4 is 19.7 Å². The van der Waals surface area contributed by atoms with E-state index in [0.717, 1.165) is 6.54 Å². The van der Waals surface area contributed by atoms with Gasteiger partial charge in [-0.1, -0.05) is 25.5 Å². The number of carboxylic acids is 2. The average Bonchev–Trinajstić information content (AvgIpc) is 2.96. The molecule has 2 rings (SSSR count). The summed E-state index contributed by atoms with van der Waals surface area (Å²) in [5.74, 6) is -2.46. The minimum absolute atomic E-state index is 0.190. The fraction of sp³-hybridized carbons (Fsp3) is 0.312. The van der Waals surface area contributed by atoms with E-state index < -0.39 is 19.7 Å². The molecule has 0 saturated heterocycles. The summed E-state index contributed by atoms with van der Waals surface area (Å²) in [6, 6.07) is 5.48. The molecule has 0 atom stereocenters. The largest absolute Gasteiger partial charge is 0.478 e. The Bertz CT molecular complexity index is 793. The van der Waals surface area contributed by atoms with Gasteiger partial charge < -0.3 is 10.2 Å². The number of halogens is 6. The van der Waals surface area contributed by atoms with Gasteiger partial charge >= 0.3 is 44.9 Å². The monoisotopic (exact) mass is 450 g/mol. The summed E-state index contributed by atoms with van der Waals surface area (Å²) < 4.78 is 63.5. The normalized spacial score (nSPS) is 13.0. The maximum atomic E-state index is 10.5. The molecule has 0 saturated carbocycles. The van der Waals surface area contributed by atoms with Crippen LogP contribution < -0.4 is 4.57 Å². The first-order valence-corrected chi connectivity index (χ1v) is 10.1. The van der Waals surface area contributed by atoms with Crippen LogP contribution in [-0.4, -0.2) is 26.7 Å².